The fourth-order valence-corrected chi connectivity index (χ4v) is 1.15. The van der Waals surface area contributed by atoms with E-state index in [9.17, 15) is 4.79 Å². The fraction of sp³-hybridized carbons (Fsp3) is 0.455. The van der Waals surface area contributed by atoms with Gasteiger partial charge in [0.1, 0.15) is 5.69 Å². The third-order valence-electron chi connectivity index (χ3n) is 2.41. The van der Waals surface area contributed by atoms with Crippen LogP contribution in [0, 0.1) is 5.92 Å². The van der Waals surface area contributed by atoms with Gasteiger partial charge in [0.15, 0.2) is 0 Å². The van der Waals surface area contributed by atoms with E-state index >= 15 is 0 Å². The first-order valence-electron chi connectivity index (χ1n) is 5.26. The normalized spacial score (nSPS) is 12.5. The number of aromatic nitrogens is 1. The number of carbonyl (C=O) groups is 1. The molecule has 1 heterocycles. The summed E-state index contributed by atoms with van der Waals surface area (Å²) in [6.45, 7) is 4.78. The number of nitrogens with one attached hydrogen (secondary N) is 1. The molecule has 88 valence electrons. The van der Waals surface area contributed by atoms with Gasteiger partial charge in [-0.05, 0) is 18.1 Å². The summed E-state index contributed by atoms with van der Waals surface area (Å²) in [5.41, 5.74) is 12.1. The Morgan fingerprint density at radius 1 is 1.56 bits per heavy atom. The van der Waals surface area contributed by atoms with Crippen LogP contribution in [0.15, 0.2) is 18.3 Å². The number of nitrogens with zero attached hydrogens (tertiary/aromatic N) is 1. The third-order valence-corrected chi connectivity index (χ3v) is 2.41. The minimum absolute atomic E-state index is 0.0743. The molecule has 0 aromatic carbocycles. The molecule has 1 rings (SSSR count). The highest BCUT2D eigenvalue weighted by atomic mass is 16.1. The monoisotopic (exact) mass is 222 g/mol. The van der Waals surface area contributed by atoms with Crippen molar-refractivity contribution in [2.24, 2.45) is 17.4 Å². The van der Waals surface area contributed by atoms with Crippen LogP contribution in [0.1, 0.15) is 24.3 Å². The van der Waals surface area contributed by atoms with Crippen molar-refractivity contribution in [3.8, 4) is 0 Å². The fourth-order valence-electron chi connectivity index (χ4n) is 1.15. The number of rotatable bonds is 5. The Bertz CT molecular complexity index is 365. The van der Waals surface area contributed by atoms with Crippen molar-refractivity contribution < 1.29 is 4.79 Å². The number of primary amides is 1. The number of hydrogen-bond acceptors (Lipinski definition) is 4. The van der Waals surface area contributed by atoms with Gasteiger partial charge in [-0.1, -0.05) is 13.8 Å². The molecule has 0 saturated carbocycles. The van der Waals surface area contributed by atoms with Crippen LogP contribution in [-0.4, -0.2) is 23.5 Å². The highest BCUT2D eigenvalue weighted by Gasteiger charge is 2.07. The first-order chi connectivity index (χ1) is 7.50. The van der Waals surface area contributed by atoms with E-state index in [1.807, 2.05) is 0 Å². The highest BCUT2D eigenvalue weighted by Crippen LogP contribution is 2.08. The van der Waals surface area contributed by atoms with E-state index in [0.717, 1.165) is 5.69 Å². The number of anilines is 1. The van der Waals surface area contributed by atoms with Crippen molar-refractivity contribution in [1.82, 2.24) is 4.98 Å². The zero-order chi connectivity index (χ0) is 12.1. The molecule has 0 aliphatic carbocycles. The Morgan fingerprint density at radius 3 is 2.81 bits per heavy atom. The Balaban J connectivity index is 2.61. The van der Waals surface area contributed by atoms with Gasteiger partial charge in [-0.15, -0.1) is 0 Å². The first kappa shape index (κ1) is 12.4. The molecule has 1 amide bonds. The topological polar surface area (TPSA) is 94.0 Å². The zero-order valence-electron chi connectivity index (χ0n) is 9.60. The summed E-state index contributed by atoms with van der Waals surface area (Å²) in [6.07, 6.45) is 1.54. The molecule has 5 heteroatoms. The molecule has 0 saturated heterocycles. The second-order valence-electron chi connectivity index (χ2n) is 4.08. The van der Waals surface area contributed by atoms with Gasteiger partial charge in [-0.3, -0.25) is 9.78 Å². The lowest BCUT2D eigenvalue weighted by Crippen LogP contribution is -2.34. The molecule has 1 aromatic heterocycles. The predicted molar refractivity (Wildman–Crippen MR) is 64.1 cm³/mol. The first-order valence-corrected chi connectivity index (χ1v) is 5.26. The van der Waals surface area contributed by atoms with Crippen molar-refractivity contribution in [3.63, 3.8) is 0 Å². The third kappa shape index (κ3) is 3.51. The number of pyridine rings is 1. The van der Waals surface area contributed by atoms with E-state index in [2.05, 4.69) is 24.1 Å². The minimum atomic E-state index is -0.531. The summed E-state index contributed by atoms with van der Waals surface area (Å²) >= 11 is 0. The molecule has 0 aliphatic heterocycles. The standard InChI is InChI=1S/C11H18N4O/c1-7(2)9(12)6-15-8-3-4-14-10(5-8)11(13)16/h3-5,7,9H,6,12H2,1-2H3,(H2,13,16)(H,14,15). The van der Waals surface area contributed by atoms with Crippen molar-refractivity contribution in [2.45, 2.75) is 19.9 Å². The van der Waals surface area contributed by atoms with Gasteiger partial charge in [0.2, 0.25) is 0 Å². The van der Waals surface area contributed by atoms with Crippen molar-refractivity contribution in [3.05, 3.63) is 24.0 Å². The molecule has 1 atom stereocenters. The maximum Gasteiger partial charge on any atom is 0.267 e. The number of amides is 1. The van der Waals surface area contributed by atoms with Crippen LogP contribution in [0.3, 0.4) is 0 Å². The van der Waals surface area contributed by atoms with E-state index in [4.69, 9.17) is 11.5 Å². The van der Waals surface area contributed by atoms with Crippen LogP contribution in [0.5, 0.6) is 0 Å². The summed E-state index contributed by atoms with van der Waals surface area (Å²) < 4.78 is 0. The molecule has 0 aliphatic rings. The summed E-state index contributed by atoms with van der Waals surface area (Å²) in [7, 11) is 0. The van der Waals surface area contributed by atoms with Gasteiger partial charge in [0, 0.05) is 24.5 Å². The Hall–Kier alpha value is -1.62. The molecular weight excluding hydrogens is 204 g/mol. The second-order valence-corrected chi connectivity index (χ2v) is 4.08. The summed E-state index contributed by atoms with van der Waals surface area (Å²) in [5.74, 6) is -0.123. The smallest absolute Gasteiger partial charge is 0.267 e. The van der Waals surface area contributed by atoms with Gasteiger partial charge in [0.25, 0.3) is 5.91 Å². The van der Waals surface area contributed by atoms with Crippen molar-refractivity contribution >= 4 is 11.6 Å². The van der Waals surface area contributed by atoms with Crippen LogP contribution in [-0.2, 0) is 0 Å². The molecule has 1 unspecified atom stereocenters. The molecule has 0 fully saturated rings. The molecule has 5 nitrogen and oxygen atoms in total. The molecule has 5 N–H and O–H groups in total. The van der Waals surface area contributed by atoms with E-state index < -0.39 is 5.91 Å². The molecular formula is C11H18N4O. The Kier molecular flexibility index (Phi) is 4.25. The van der Waals surface area contributed by atoms with Crippen LogP contribution < -0.4 is 16.8 Å². The maximum absolute atomic E-state index is 10.9. The lowest BCUT2D eigenvalue weighted by molar-refractivity contribution is 0.0995. The Labute approximate surface area is 95.2 Å². The SMILES string of the molecule is CC(C)C(N)CNc1ccnc(C(N)=O)c1. The zero-order valence-corrected chi connectivity index (χ0v) is 9.60. The summed E-state index contributed by atoms with van der Waals surface area (Å²) in [4.78, 5) is 14.8. The van der Waals surface area contributed by atoms with Crippen LogP contribution in [0.4, 0.5) is 5.69 Å². The molecule has 16 heavy (non-hydrogen) atoms. The van der Waals surface area contributed by atoms with Crippen molar-refractivity contribution in [1.29, 1.82) is 0 Å². The average Bonchev–Trinajstić information content (AvgIpc) is 2.26. The van der Waals surface area contributed by atoms with Crippen molar-refractivity contribution in [2.75, 3.05) is 11.9 Å². The van der Waals surface area contributed by atoms with Crippen LogP contribution >= 0.6 is 0 Å². The van der Waals surface area contributed by atoms with Gasteiger partial charge in [-0.2, -0.15) is 0 Å². The van der Waals surface area contributed by atoms with Gasteiger partial charge < -0.3 is 16.8 Å². The minimum Gasteiger partial charge on any atom is -0.383 e. The largest absolute Gasteiger partial charge is 0.383 e. The van der Waals surface area contributed by atoms with Gasteiger partial charge in [0.05, 0.1) is 0 Å². The second kappa shape index (κ2) is 5.46. The molecule has 0 spiro atoms. The molecule has 0 radical (unpaired) electrons. The van der Waals surface area contributed by atoms with E-state index in [1.165, 1.54) is 0 Å². The highest BCUT2D eigenvalue weighted by molar-refractivity contribution is 5.91. The van der Waals surface area contributed by atoms with E-state index in [-0.39, 0.29) is 11.7 Å². The lowest BCUT2D eigenvalue weighted by Gasteiger charge is -2.16. The number of hydrogen-bond donors (Lipinski definition) is 3. The number of carbonyl (C=O) groups excluding carboxylic acids is 1. The molecule has 1 aromatic rings. The van der Waals surface area contributed by atoms with Gasteiger partial charge >= 0.3 is 0 Å². The van der Waals surface area contributed by atoms with Crippen LogP contribution in [0.2, 0.25) is 0 Å². The maximum atomic E-state index is 10.9. The molecule has 0 bridgehead atoms. The average molecular weight is 222 g/mol. The van der Waals surface area contributed by atoms with E-state index in [1.54, 1.807) is 18.3 Å². The summed E-state index contributed by atoms with van der Waals surface area (Å²) in [5, 5.41) is 3.15. The summed E-state index contributed by atoms with van der Waals surface area (Å²) in [6, 6.07) is 3.47. The van der Waals surface area contributed by atoms with Gasteiger partial charge in [-0.25, -0.2) is 0 Å². The Morgan fingerprint density at radius 2 is 2.25 bits per heavy atom. The van der Waals surface area contributed by atoms with Crippen LogP contribution in [0.25, 0.3) is 0 Å². The number of nitrogens with two attached hydrogens (primary N) is 2. The van der Waals surface area contributed by atoms with E-state index in [0.29, 0.717) is 12.5 Å². The quantitative estimate of drug-likeness (QED) is 0.679. The predicted octanol–water partition coefficient (Wildman–Crippen LogP) is 0.576. The lowest BCUT2D eigenvalue weighted by atomic mass is 10.1.